The molecule has 0 unspecified atom stereocenters. The minimum Gasteiger partial charge on any atom is -0.296 e. The number of benzene rings is 2. The molecule has 0 saturated heterocycles. The average molecular weight is 470 g/mol. The Morgan fingerprint density at radius 1 is 1.07 bits per heavy atom. The second-order valence-corrected chi connectivity index (χ2v) is 9.57. The highest BCUT2D eigenvalue weighted by atomic mass is 79.9. The molecule has 1 aromatic heterocycles. The van der Waals surface area contributed by atoms with Crippen LogP contribution in [0, 0.1) is 5.82 Å². The number of hydrogen-bond acceptors (Lipinski definition) is 6. The summed E-state index contributed by atoms with van der Waals surface area (Å²) < 4.78 is 38.4. The fraction of sp³-hybridized carbons (Fsp3) is 0.118. The molecule has 140 valence electrons. The predicted octanol–water partition coefficient (Wildman–Crippen LogP) is 3.71. The molecule has 3 aromatic rings. The van der Waals surface area contributed by atoms with Crippen molar-refractivity contribution >= 4 is 48.1 Å². The van der Waals surface area contributed by atoms with E-state index in [2.05, 4.69) is 31.4 Å². The van der Waals surface area contributed by atoms with Crippen LogP contribution in [0.2, 0.25) is 0 Å². The Balaban J connectivity index is 1.61. The molecule has 27 heavy (non-hydrogen) atoms. The zero-order valence-corrected chi connectivity index (χ0v) is 16.9. The molecule has 0 aliphatic carbocycles. The van der Waals surface area contributed by atoms with E-state index in [1.807, 2.05) is 0 Å². The van der Waals surface area contributed by atoms with Crippen LogP contribution in [0.25, 0.3) is 0 Å². The third-order valence-electron chi connectivity index (χ3n) is 3.55. The van der Waals surface area contributed by atoms with Crippen molar-refractivity contribution in [2.75, 3.05) is 11.1 Å². The molecule has 1 N–H and O–H groups in total. The molecule has 1 amide bonds. The van der Waals surface area contributed by atoms with Gasteiger partial charge in [-0.3, -0.25) is 10.1 Å². The smallest absolute Gasteiger partial charge is 0.257 e. The van der Waals surface area contributed by atoms with Crippen LogP contribution in [0.5, 0.6) is 0 Å². The summed E-state index contributed by atoms with van der Waals surface area (Å²) in [4.78, 5) is 12.3. The Morgan fingerprint density at radius 2 is 1.74 bits per heavy atom. The van der Waals surface area contributed by atoms with Gasteiger partial charge in [-0.05, 0) is 48.5 Å². The van der Waals surface area contributed by atoms with Crippen molar-refractivity contribution in [3.05, 3.63) is 69.4 Å². The molecule has 0 atom stereocenters. The van der Waals surface area contributed by atoms with E-state index >= 15 is 0 Å². The first kappa shape index (κ1) is 19.6. The van der Waals surface area contributed by atoms with Crippen molar-refractivity contribution in [3.8, 4) is 0 Å². The van der Waals surface area contributed by atoms with Crippen molar-refractivity contribution in [1.82, 2.24) is 10.2 Å². The van der Waals surface area contributed by atoms with E-state index < -0.39 is 21.6 Å². The van der Waals surface area contributed by atoms with Gasteiger partial charge in [-0.15, -0.1) is 10.2 Å². The van der Waals surface area contributed by atoms with E-state index in [-0.39, 0.29) is 27.8 Å². The molecule has 2 aromatic carbocycles. The number of carbonyl (C=O) groups excluding carboxylic acids is 1. The first-order valence-corrected chi connectivity index (χ1v) is 11.0. The summed E-state index contributed by atoms with van der Waals surface area (Å²) in [5.74, 6) is -0.994. The third kappa shape index (κ3) is 5.18. The van der Waals surface area contributed by atoms with Crippen molar-refractivity contribution in [3.63, 3.8) is 0 Å². The van der Waals surface area contributed by atoms with Gasteiger partial charge in [0.1, 0.15) is 10.8 Å². The SMILES string of the molecule is O=C(Nc1nnc(CCS(=O)(=O)c2ccc(Br)cc2)s1)c1ccc(F)cc1. The Labute approximate surface area is 167 Å². The number of hydrogen-bond donors (Lipinski definition) is 1. The highest BCUT2D eigenvalue weighted by molar-refractivity contribution is 9.10. The molecule has 0 bridgehead atoms. The number of nitrogens with one attached hydrogen (secondary N) is 1. The number of aryl methyl sites for hydroxylation is 1. The summed E-state index contributed by atoms with van der Waals surface area (Å²) in [6, 6.07) is 11.5. The van der Waals surface area contributed by atoms with Gasteiger partial charge in [-0.25, -0.2) is 12.8 Å². The Kier molecular flexibility index (Phi) is 5.98. The summed E-state index contributed by atoms with van der Waals surface area (Å²) in [5, 5.41) is 11.1. The average Bonchev–Trinajstić information content (AvgIpc) is 3.08. The maximum atomic E-state index is 12.9. The number of anilines is 1. The number of sulfone groups is 1. The molecule has 3 rings (SSSR count). The van der Waals surface area contributed by atoms with Gasteiger partial charge in [-0.1, -0.05) is 27.3 Å². The van der Waals surface area contributed by atoms with Gasteiger partial charge in [0, 0.05) is 16.5 Å². The minimum absolute atomic E-state index is 0.116. The van der Waals surface area contributed by atoms with Crippen LogP contribution in [-0.4, -0.2) is 30.3 Å². The van der Waals surface area contributed by atoms with Gasteiger partial charge in [0.25, 0.3) is 5.91 Å². The Bertz CT molecular complexity index is 1050. The monoisotopic (exact) mass is 469 g/mol. The second-order valence-electron chi connectivity index (χ2n) is 5.48. The zero-order valence-electron chi connectivity index (χ0n) is 13.7. The van der Waals surface area contributed by atoms with Crippen molar-refractivity contribution in [2.24, 2.45) is 0 Å². The first-order valence-electron chi connectivity index (χ1n) is 7.71. The number of carbonyl (C=O) groups is 1. The molecule has 0 saturated carbocycles. The number of aromatic nitrogens is 2. The summed E-state index contributed by atoms with van der Waals surface area (Å²) in [6.07, 6.45) is 0.183. The van der Waals surface area contributed by atoms with E-state index in [1.54, 1.807) is 12.1 Å². The maximum Gasteiger partial charge on any atom is 0.257 e. The van der Waals surface area contributed by atoms with Gasteiger partial charge in [0.15, 0.2) is 9.84 Å². The first-order chi connectivity index (χ1) is 12.8. The molecular formula is C17H13BrFN3O3S2. The molecule has 0 aliphatic rings. The highest BCUT2D eigenvalue weighted by Crippen LogP contribution is 2.20. The Hall–Kier alpha value is -2.17. The molecule has 0 spiro atoms. The highest BCUT2D eigenvalue weighted by Gasteiger charge is 2.17. The van der Waals surface area contributed by atoms with Crippen LogP contribution in [-0.2, 0) is 16.3 Å². The van der Waals surface area contributed by atoms with Crippen LogP contribution in [0.1, 0.15) is 15.4 Å². The lowest BCUT2D eigenvalue weighted by molar-refractivity contribution is 0.102. The minimum atomic E-state index is -3.44. The number of halogens is 2. The van der Waals surface area contributed by atoms with E-state index in [9.17, 15) is 17.6 Å². The van der Waals surface area contributed by atoms with Gasteiger partial charge < -0.3 is 0 Å². The summed E-state index contributed by atoms with van der Waals surface area (Å²) in [5.41, 5.74) is 0.283. The van der Waals surface area contributed by atoms with Crippen molar-refractivity contribution < 1.29 is 17.6 Å². The second kappa shape index (κ2) is 8.24. The van der Waals surface area contributed by atoms with Crippen LogP contribution in [0.3, 0.4) is 0 Å². The quantitative estimate of drug-likeness (QED) is 0.594. The standard InChI is InChI=1S/C17H13BrFN3O3S2/c18-12-3-7-14(8-4-12)27(24,25)10-9-15-21-22-17(26-15)20-16(23)11-1-5-13(19)6-2-11/h1-8H,9-10H2,(H,20,22,23). The van der Waals surface area contributed by atoms with Gasteiger partial charge in [0.2, 0.25) is 5.13 Å². The van der Waals surface area contributed by atoms with Crippen LogP contribution < -0.4 is 5.32 Å². The molecule has 0 radical (unpaired) electrons. The predicted molar refractivity (Wildman–Crippen MR) is 104 cm³/mol. The largest absolute Gasteiger partial charge is 0.296 e. The molecule has 0 aliphatic heterocycles. The summed E-state index contributed by atoms with van der Waals surface area (Å²) in [6.45, 7) is 0. The van der Waals surface area contributed by atoms with Gasteiger partial charge in [0.05, 0.1) is 10.6 Å². The van der Waals surface area contributed by atoms with Crippen LogP contribution in [0.4, 0.5) is 9.52 Å². The van der Waals surface area contributed by atoms with E-state index in [4.69, 9.17) is 0 Å². The number of nitrogens with zero attached hydrogens (tertiary/aromatic N) is 2. The molecule has 6 nitrogen and oxygen atoms in total. The summed E-state index contributed by atoms with van der Waals surface area (Å²) in [7, 11) is -3.44. The summed E-state index contributed by atoms with van der Waals surface area (Å²) >= 11 is 4.36. The number of rotatable bonds is 6. The lowest BCUT2D eigenvalue weighted by Crippen LogP contribution is -2.11. The van der Waals surface area contributed by atoms with Crippen LogP contribution >= 0.6 is 27.3 Å². The lowest BCUT2D eigenvalue weighted by Gasteiger charge is -2.03. The topological polar surface area (TPSA) is 89.0 Å². The van der Waals surface area contributed by atoms with E-state index in [1.165, 1.54) is 36.4 Å². The van der Waals surface area contributed by atoms with E-state index in [0.717, 1.165) is 15.8 Å². The van der Waals surface area contributed by atoms with Gasteiger partial charge >= 0.3 is 0 Å². The van der Waals surface area contributed by atoms with E-state index in [0.29, 0.717) is 5.01 Å². The van der Waals surface area contributed by atoms with Crippen LogP contribution in [0.15, 0.2) is 57.9 Å². The fourth-order valence-electron chi connectivity index (χ4n) is 2.16. The molecule has 0 fully saturated rings. The van der Waals surface area contributed by atoms with Crippen molar-refractivity contribution in [1.29, 1.82) is 0 Å². The Morgan fingerprint density at radius 3 is 2.41 bits per heavy atom. The van der Waals surface area contributed by atoms with Crippen molar-refractivity contribution in [2.45, 2.75) is 11.3 Å². The molecule has 1 heterocycles. The molecule has 10 heteroatoms. The zero-order chi connectivity index (χ0) is 19.4. The number of amides is 1. The maximum absolute atomic E-state index is 12.9. The normalized spacial score (nSPS) is 11.3. The molecular weight excluding hydrogens is 457 g/mol. The lowest BCUT2D eigenvalue weighted by atomic mass is 10.2. The van der Waals surface area contributed by atoms with Gasteiger partial charge in [-0.2, -0.15) is 0 Å². The third-order valence-corrected chi connectivity index (χ3v) is 6.71. The fourth-order valence-corrected chi connectivity index (χ4v) is 4.53.